The fourth-order valence-corrected chi connectivity index (χ4v) is 5.52. The SMILES string of the molecule is Cc1ccc2n(c1=O)C(COC1CCC(C(C)C)CC1)C(NS(C)(=O)=O)CC2. The van der Waals surface area contributed by atoms with Crippen LogP contribution in [0.3, 0.4) is 0 Å². The maximum absolute atomic E-state index is 12.8. The van der Waals surface area contributed by atoms with E-state index in [0.717, 1.165) is 24.5 Å². The van der Waals surface area contributed by atoms with Crippen molar-refractivity contribution in [2.24, 2.45) is 11.8 Å². The lowest BCUT2D eigenvalue weighted by atomic mass is 9.80. The third kappa shape index (κ3) is 5.05. The Hall–Kier alpha value is -1.18. The predicted molar refractivity (Wildman–Crippen MR) is 111 cm³/mol. The van der Waals surface area contributed by atoms with Crippen molar-refractivity contribution in [3.63, 3.8) is 0 Å². The highest BCUT2D eigenvalue weighted by molar-refractivity contribution is 7.88. The number of hydrogen-bond acceptors (Lipinski definition) is 4. The molecule has 28 heavy (non-hydrogen) atoms. The number of pyridine rings is 1. The fraction of sp³-hybridized carbons (Fsp3) is 0.762. The summed E-state index contributed by atoms with van der Waals surface area (Å²) >= 11 is 0. The molecule has 2 aliphatic rings. The van der Waals surface area contributed by atoms with E-state index in [1.807, 2.05) is 12.1 Å². The molecule has 1 fully saturated rings. The average molecular weight is 411 g/mol. The number of aryl methyl sites for hydroxylation is 2. The summed E-state index contributed by atoms with van der Waals surface area (Å²) < 4.78 is 34.5. The monoisotopic (exact) mass is 410 g/mol. The first-order chi connectivity index (χ1) is 13.2. The van der Waals surface area contributed by atoms with Crippen LogP contribution in [0.5, 0.6) is 0 Å². The Balaban J connectivity index is 1.77. The molecule has 2 heterocycles. The lowest BCUT2D eigenvalue weighted by molar-refractivity contribution is -0.0103. The maximum Gasteiger partial charge on any atom is 0.254 e. The Bertz CT molecular complexity index is 838. The number of fused-ring (bicyclic) bond motifs is 1. The van der Waals surface area contributed by atoms with Gasteiger partial charge in [0.1, 0.15) is 0 Å². The van der Waals surface area contributed by atoms with Gasteiger partial charge < -0.3 is 9.30 Å². The lowest BCUT2D eigenvalue weighted by Gasteiger charge is -2.37. The first-order valence-electron chi connectivity index (χ1n) is 10.5. The lowest BCUT2D eigenvalue weighted by Crippen LogP contribution is -2.49. The second-order valence-corrected chi connectivity index (χ2v) is 10.7. The van der Waals surface area contributed by atoms with Gasteiger partial charge in [-0.05, 0) is 63.4 Å². The Labute approximate surface area is 168 Å². The van der Waals surface area contributed by atoms with Gasteiger partial charge in [0.25, 0.3) is 5.56 Å². The first-order valence-corrected chi connectivity index (χ1v) is 12.3. The zero-order valence-corrected chi connectivity index (χ0v) is 18.3. The highest BCUT2D eigenvalue weighted by Gasteiger charge is 2.33. The summed E-state index contributed by atoms with van der Waals surface area (Å²) in [5, 5.41) is 0. The third-order valence-electron chi connectivity index (χ3n) is 6.43. The summed E-state index contributed by atoms with van der Waals surface area (Å²) in [4.78, 5) is 12.8. The highest BCUT2D eigenvalue weighted by Crippen LogP contribution is 2.32. The van der Waals surface area contributed by atoms with Gasteiger partial charge in [0, 0.05) is 17.3 Å². The molecule has 2 atom stereocenters. The molecule has 158 valence electrons. The number of nitrogens with zero attached hydrogens (tertiary/aromatic N) is 1. The zero-order chi connectivity index (χ0) is 20.5. The molecule has 0 bridgehead atoms. The topological polar surface area (TPSA) is 77.4 Å². The molecule has 6 nitrogen and oxygen atoms in total. The van der Waals surface area contributed by atoms with Crippen molar-refractivity contribution >= 4 is 10.0 Å². The van der Waals surface area contributed by atoms with Crippen LogP contribution in [0.4, 0.5) is 0 Å². The van der Waals surface area contributed by atoms with Crippen LogP contribution < -0.4 is 10.3 Å². The van der Waals surface area contributed by atoms with E-state index in [1.54, 1.807) is 11.5 Å². The smallest absolute Gasteiger partial charge is 0.254 e. The van der Waals surface area contributed by atoms with Gasteiger partial charge in [-0.2, -0.15) is 0 Å². The van der Waals surface area contributed by atoms with Crippen molar-refractivity contribution in [2.75, 3.05) is 12.9 Å². The Morgan fingerprint density at radius 1 is 1.18 bits per heavy atom. The maximum atomic E-state index is 12.8. The molecule has 1 aliphatic carbocycles. The molecule has 1 aromatic heterocycles. The van der Waals surface area contributed by atoms with Crippen molar-refractivity contribution in [2.45, 2.75) is 77.5 Å². The van der Waals surface area contributed by atoms with Crippen LogP contribution >= 0.6 is 0 Å². The van der Waals surface area contributed by atoms with Gasteiger partial charge in [-0.3, -0.25) is 4.79 Å². The van der Waals surface area contributed by atoms with Crippen molar-refractivity contribution in [1.29, 1.82) is 0 Å². The molecular weight excluding hydrogens is 376 g/mol. The second kappa shape index (κ2) is 8.67. The molecule has 1 aromatic rings. The molecule has 0 amide bonds. The number of ether oxygens (including phenoxy) is 1. The van der Waals surface area contributed by atoms with Gasteiger partial charge >= 0.3 is 0 Å². The summed E-state index contributed by atoms with van der Waals surface area (Å²) in [6, 6.07) is 3.19. The van der Waals surface area contributed by atoms with E-state index in [2.05, 4.69) is 18.6 Å². The van der Waals surface area contributed by atoms with Crippen molar-refractivity contribution in [3.8, 4) is 0 Å². The summed E-state index contributed by atoms with van der Waals surface area (Å²) in [5.74, 6) is 1.47. The number of aromatic nitrogens is 1. The molecule has 1 saturated carbocycles. The van der Waals surface area contributed by atoms with E-state index in [1.165, 1.54) is 19.1 Å². The minimum absolute atomic E-state index is 0.0467. The molecule has 3 rings (SSSR count). The quantitative estimate of drug-likeness (QED) is 0.782. The number of rotatable bonds is 6. The zero-order valence-electron chi connectivity index (χ0n) is 17.5. The van der Waals surface area contributed by atoms with E-state index in [9.17, 15) is 13.2 Å². The molecule has 1 aliphatic heterocycles. The normalized spacial score (nSPS) is 28.3. The van der Waals surface area contributed by atoms with E-state index >= 15 is 0 Å². The van der Waals surface area contributed by atoms with Gasteiger partial charge in [-0.15, -0.1) is 0 Å². The van der Waals surface area contributed by atoms with Gasteiger partial charge in [0.15, 0.2) is 0 Å². The van der Waals surface area contributed by atoms with Crippen LogP contribution in [0.1, 0.15) is 63.3 Å². The van der Waals surface area contributed by atoms with Crippen LogP contribution in [-0.4, -0.2) is 38.0 Å². The largest absolute Gasteiger partial charge is 0.376 e. The summed E-state index contributed by atoms with van der Waals surface area (Å²) in [5.41, 5.74) is 1.58. The van der Waals surface area contributed by atoms with Crippen molar-refractivity contribution < 1.29 is 13.2 Å². The number of sulfonamides is 1. The molecule has 7 heteroatoms. The predicted octanol–water partition coefficient (Wildman–Crippen LogP) is 2.79. The van der Waals surface area contributed by atoms with E-state index in [0.29, 0.717) is 30.9 Å². The summed E-state index contributed by atoms with van der Waals surface area (Å²) in [7, 11) is -3.36. The van der Waals surface area contributed by atoms with Crippen LogP contribution in [-0.2, 0) is 21.2 Å². The minimum atomic E-state index is -3.36. The standard InChI is InChI=1S/C21H34N2O4S/c1-14(2)16-6-10-18(11-7-16)27-13-20-19(22-28(4,25)26)12-9-17-8-5-15(3)21(24)23(17)20/h5,8,14,16,18-20,22H,6-7,9-13H2,1-4H3. The van der Waals surface area contributed by atoms with Gasteiger partial charge in [-0.1, -0.05) is 19.9 Å². The molecule has 1 N–H and O–H groups in total. The van der Waals surface area contributed by atoms with Crippen molar-refractivity contribution in [3.05, 3.63) is 33.7 Å². The second-order valence-electron chi connectivity index (χ2n) is 8.90. The Kier molecular flexibility index (Phi) is 6.67. The molecule has 0 radical (unpaired) electrons. The Morgan fingerprint density at radius 3 is 2.46 bits per heavy atom. The van der Waals surface area contributed by atoms with Gasteiger partial charge in [-0.25, -0.2) is 13.1 Å². The first kappa shape index (κ1) is 21.5. The highest BCUT2D eigenvalue weighted by atomic mass is 32.2. The molecule has 0 aromatic carbocycles. The van der Waals surface area contributed by atoms with Crippen LogP contribution in [0.2, 0.25) is 0 Å². The molecular formula is C21H34N2O4S. The fourth-order valence-electron chi connectivity index (χ4n) is 4.70. The summed E-state index contributed by atoms with van der Waals surface area (Å²) in [6.45, 7) is 6.72. The van der Waals surface area contributed by atoms with Crippen LogP contribution in [0.15, 0.2) is 16.9 Å². The number of hydrogen-bond donors (Lipinski definition) is 1. The van der Waals surface area contributed by atoms with Crippen LogP contribution in [0, 0.1) is 18.8 Å². The third-order valence-corrected chi connectivity index (χ3v) is 7.16. The molecule has 0 spiro atoms. The van der Waals surface area contributed by atoms with Gasteiger partial charge in [0.2, 0.25) is 10.0 Å². The number of nitrogens with one attached hydrogen (secondary N) is 1. The average Bonchev–Trinajstić information content (AvgIpc) is 2.63. The Morgan fingerprint density at radius 2 is 1.86 bits per heavy atom. The minimum Gasteiger partial charge on any atom is -0.376 e. The van der Waals surface area contributed by atoms with Crippen LogP contribution in [0.25, 0.3) is 0 Å². The van der Waals surface area contributed by atoms with E-state index in [-0.39, 0.29) is 23.7 Å². The van der Waals surface area contributed by atoms with E-state index < -0.39 is 10.0 Å². The summed E-state index contributed by atoms with van der Waals surface area (Å²) in [6.07, 6.45) is 7.14. The van der Waals surface area contributed by atoms with Gasteiger partial charge in [0.05, 0.1) is 25.0 Å². The molecule has 2 unspecified atom stereocenters. The van der Waals surface area contributed by atoms with E-state index in [4.69, 9.17) is 4.74 Å². The van der Waals surface area contributed by atoms with Crippen molar-refractivity contribution in [1.82, 2.24) is 9.29 Å². The molecule has 0 saturated heterocycles.